The van der Waals surface area contributed by atoms with Gasteiger partial charge in [-0.3, -0.25) is 10.1 Å². The Balaban J connectivity index is 2.73. The number of nitrogens with zero attached hydrogens (tertiary/aromatic N) is 5. The second kappa shape index (κ2) is 9.20. The predicted octanol–water partition coefficient (Wildman–Crippen LogP) is -0.136. The number of aliphatic hydroxyl groups excluding tert-OH is 1. The first kappa shape index (κ1) is 19.7. The molecule has 1 aromatic heterocycles. The molecule has 0 aliphatic carbocycles. The van der Waals surface area contributed by atoms with Crippen molar-refractivity contribution in [2.75, 3.05) is 19.8 Å². The number of nitrogens with one attached hydrogen (secondary N) is 1. The maximum atomic E-state index is 11.7. The van der Waals surface area contributed by atoms with Gasteiger partial charge in [0.1, 0.15) is 12.1 Å². The molecule has 138 valence electrons. The number of carbonyl (C=O) groups is 2. The zero-order valence-electron chi connectivity index (χ0n) is 14.5. The summed E-state index contributed by atoms with van der Waals surface area (Å²) < 4.78 is 6.89. The number of carbonyl (C=O) groups excluding carboxylic acids is 2. The van der Waals surface area contributed by atoms with Gasteiger partial charge in [0.15, 0.2) is 5.49 Å². The third-order valence-electron chi connectivity index (χ3n) is 3.60. The summed E-state index contributed by atoms with van der Waals surface area (Å²) in [6, 6.07) is 6.01. The molecule has 0 saturated heterocycles. The van der Waals surface area contributed by atoms with Crippen molar-refractivity contribution in [3.05, 3.63) is 34.4 Å². The molecule has 2 aromatic rings. The fourth-order valence-corrected chi connectivity index (χ4v) is 2.48. The van der Waals surface area contributed by atoms with Crippen LogP contribution in [0.4, 0.5) is 4.79 Å². The van der Waals surface area contributed by atoms with E-state index in [1.807, 2.05) is 17.5 Å². The highest BCUT2D eigenvalue weighted by Gasteiger charge is 2.12. The number of fused-ring (bicyclic) bond motifs is 1. The van der Waals surface area contributed by atoms with Gasteiger partial charge >= 0.3 is 6.03 Å². The van der Waals surface area contributed by atoms with E-state index in [0.29, 0.717) is 16.7 Å². The zero-order chi connectivity index (χ0) is 19.8. The normalized spacial score (nSPS) is 11.0. The molecular formula is C17H16N6O4. The number of hydrogen-bond donors (Lipinski definition) is 2. The largest absolute Gasteiger partial charge is 0.394 e. The molecule has 27 heavy (non-hydrogen) atoms. The van der Waals surface area contributed by atoms with Gasteiger partial charge in [0.05, 0.1) is 47.7 Å². The molecule has 0 fully saturated rings. The summed E-state index contributed by atoms with van der Waals surface area (Å²) in [6.07, 6.45) is 0.220. The molecule has 0 aliphatic rings. The lowest BCUT2D eigenvalue weighted by molar-refractivity contribution is -0.108. The van der Waals surface area contributed by atoms with Crippen LogP contribution in [0.3, 0.4) is 0 Å². The molecule has 0 saturated carbocycles. The molecule has 0 aliphatic heterocycles. The summed E-state index contributed by atoms with van der Waals surface area (Å²) in [4.78, 5) is 30.4. The SMILES string of the molecule is Cc1nc2cc(C#N)c(C#N)cc2n(CCOCCO)/c1=N/C(=O)NC=O. The number of aryl methyl sites for hydroxylation is 1. The number of aliphatic hydroxyl groups is 1. The van der Waals surface area contributed by atoms with E-state index in [2.05, 4.69) is 9.98 Å². The second-order valence-corrected chi connectivity index (χ2v) is 5.30. The maximum absolute atomic E-state index is 11.7. The highest BCUT2D eigenvalue weighted by Crippen LogP contribution is 2.17. The van der Waals surface area contributed by atoms with Crippen LogP contribution in [0.2, 0.25) is 0 Å². The molecule has 1 aromatic carbocycles. The van der Waals surface area contributed by atoms with Crippen molar-refractivity contribution in [3.63, 3.8) is 0 Å². The molecule has 0 bridgehead atoms. The lowest BCUT2D eigenvalue weighted by Gasteiger charge is -2.14. The van der Waals surface area contributed by atoms with Crippen LogP contribution in [0.5, 0.6) is 0 Å². The van der Waals surface area contributed by atoms with Crippen molar-refractivity contribution >= 4 is 23.5 Å². The summed E-state index contributed by atoms with van der Waals surface area (Å²) in [6.45, 7) is 2.07. The summed E-state index contributed by atoms with van der Waals surface area (Å²) in [7, 11) is 0. The first-order valence-electron chi connectivity index (χ1n) is 7.88. The third kappa shape index (κ3) is 4.52. The Bertz CT molecular complexity index is 1030. The van der Waals surface area contributed by atoms with E-state index in [4.69, 9.17) is 9.84 Å². The van der Waals surface area contributed by atoms with E-state index in [1.54, 1.807) is 11.5 Å². The summed E-state index contributed by atoms with van der Waals surface area (Å²) in [5.74, 6) is 0. The molecule has 2 rings (SSSR count). The van der Waals surface area contributed by atoms with Crippen molar-refractivity contribution in [3.8, 4) is 12.1 Å². The molecule has 0 radical (unpaired) electrons. The molecule has 0 atom stereocenters. The van der Waals surface area contributed by atoms with Crippen LogP contribution in [-0.4, -0.2) is 46.9 Å². The van der Waals surface area contributed by atoms with E-state index in [-0.39, 0.29) is 49.4 Å². The quantitative estimate of drug-likeness (QED) is 0.531. The van der Waals surface area contributed by atoms with Crippen LogP contribution < -0.4 is 10.8 Å². The van der Waals surface area contributed by atoms with Crippen LogP contribution in [0, 0.1) is 29.6 Å². The summed E-state index contributed by atoms with van der Waals surface area (Å²) in [5.41, 5.74) is 1.83. The Morgan fingerprint density at radius 3 is 2.70 bits per heavy atom. The number of urea groups is 1. The number of amides is 3. The number of rotatable bonds is 6. The number of hydrogen-bond acceptors (Lipinski definition) is 7. The second-order valence-electron chi connectivity index (χ2n) is 5.30. The van der Waals surface area contributed by atoms with Crippen molar-refractivity contribution in [1.82, 2.24) is 14.9 Å². The molecule has 10 nitrogen and oxygen atoms in total. The van der Waals surface area contributed by atoms with Crippen LogP contribution in [0.25, 0.3) is 11.0 Å². The van der Waals surface area contributed by atoms with Crippen molar-refractivity contribution in [2.24, 2.45) is 4.99 Å². The van der Waals surface area contributed by atoms with E-state index >= 15 is 0 Å². The maximum Gasteiger partial charge on any atom is 0.349 e. The van der Waals surface area contributed by atoms with Gasteiger partial charge in [0.25, 0.3) is 0 Å². The average molecular weight is 368 g/mol. The highest BCUT2D eigenvalue weighted by atomic mass is 16.5. The van der Waals surface area contributed by atoms with E-state index in [0.717, 1.165) is 0 Å². The minimum atomic E-state index is -0.867. The molecule has 10 heteroatoms. The van der Waals surface area contributed by atoms with Gasteiger partial charge in [-0.2, -0.15) is 15.5 Å². The van der Waals surface area contributed by atoms with E-state index in [9.17, 15) is 20.1 Å². The van der Waals surface area contributed by atoms with Crippen molar-refractivity contribution < 1.29 is 19.4 Å². The van der Waals surface area contributed by atoms with Crippen molar-refractivity contribution in [1.29, 1.82) is 10.5 Å². The Morgan fingerprint density at radius 1 is 1.37 bits per heavy atom. The van der Waals surface area contributed by atoms with Gasteiger partial charge in [-0.1, -0.05) is 0 Å². The van der Waals surface area contributed by atoms with Crippen LogP contribution in [-0.2, 0) is 16.1 Å². The standard InChI is InChI=1S/C17H16N6O4/c1-11-16(22-17(26)20-10-25)23(2-4-27-5-3-24)15-7-13(9-19)12(8-18)6-14(15)21-11/h6-7,10,24H,2-5H2,1H3,(H,20,25,26)/b22-16+. The molecule has 1 heterocycles. The minimum Gasteiger partial charge on any atom is -0.394 e. The lowest BCUT2D eigenvalue weighted by Crippen LogP contribution is -2.31. The van der Waals surface area contributed by atoms with Gasteiger partial charge in [0.2, 0.25) is 6.41 Å². The molecule has 0 spiro atoms. The molecular weight excluding hydrogens is 352 g/mol. The Labute approximate surface area is 154 Å². The lowest BCUT2D eigenvalue weighted by atomic mass is 10.1. The Hall–Kier alpha value is -3.60. The summed E-state index contributed by atoms with van der Waals surface area (Å²) in [5, 5.41) is 29.2. The minimum absolute atomic E-state index is 0.135. The first-order chi connectivity index (χ1) is 13.0. The predicted molar refractivity (Wildman–Crippen MR) is 92.0 cm³/mol. The third-order valence-corrected chi connectivity index (χ3v) is 3.60. The first-order valence-corrected chi connectivity index (χ1v) is 7.88. The Kier molecular flexibility index (Phi) is 6.72. The fraction of sp³-hybridized carbons (Fsp3) is 0.294. The van der Waals surface area contributed by atoms with E-state index in [1.165, 1.54) is 12.1 Å². The number of imide groups is 1. The fourth-order valence-electron chi connectivity index (χ4n) is 2.48. The summed E-state index contributed by atoms with van der Waals surface area (Å²) >= 11 is 0. The monoisotopic (exact) mass is 368 g/mol. The van der Waals surface area contributed by atoms with E-state index < -0.39 is 6.03 Å². The topological polar surface area (TPSA) is 153 Å². The molecule has 2 N–H and O–H groups in total. The number of ether oxygens (including phenoxy) is 1. The number of benzene rings is 1. The zero-order valence-corrected chi connectivity index (χ0v) is 14.5. The smallest absolute Gasteiger partial charge is 0.349 e. The van der Waals surface area contributed by atoms with Gasteiger partial charge < -0.3 is 14.4 Å². The highest BCUT2D eigenvalue weighted by molar-refractivity contribution is 5.85. The molecule has 0 unspecified atom stereocenters. The van der Waals surface area contributed by atoms with Crippen LogP contribution in [0.15, 0.2) is 17.1 Å². The van der Waals surface area contributed by atoms with Crippen LogP contribution in [0.1, 0.15) is 16.8 Å². The van der Waals surface area contributed by atoms with Gasteiger partial charge in [-0.15, -0.1) is 0 Å². The van der Waals surface area contributed by atoms with Crippen molar-refractivity contribution in [2.45, 2.75) is 13.5 Å². The average Bonchev–Trinajstić information content (AvgIpc) is 2.66. The van der Waals surface area contributed by atoms with Gasteiger partial charge in [0, 0.05) is 6.54 Å². The number of nitriles is 2. The Morgan fingerprint density at radius 2 is 2.07 bits per heavy atom. The van der Waals surface area contributed by atoms with Crippen LogP contribution >= 0.6 is 0 Å². The molecule has 3 amide bonds. The van der Waals surface area contributed by atoms with Gasteiger partial charge in [-0.05, 0) is 19.1 Å². The van der Waals surface area contributed by atoms with Gasteiger partial charge in [-0.25, -0.2) is 9.78 Å². The number of aromatic nitrogens is 2.